The topological polar surface area (TPSA) is 71.0 Å². The number of aliphatic hydroxyl groups is 1. The van der Waals surface area contributed by atoms with Crippen LogP contribution in [-0.4, -0.2) is 67.5 Å². The highest BCUT2D eigenvalue weighted by atomic mass is 16.5. The fourth-order valence-electron chi connectivity index (χ4n) is 3.69. The van der Waals surface area contributed by atoms with Crippen LogP contribution >= 0.6 is 0 Å². The molecule has 0 spiro atoms. The number of carbonyl (C=O) groups excluding carboxylic acids is 1. The van der Waals surface area contributed by atoms with E-state index in [4.69, 9.17) is 9.47 Å². The second-order valence-corrected chi connectivity index (χ2v) is 7.94. The van der Waals surface area contributed by atoms with Crippen LogP contribution in [-0.2, 0) is 11.2 Å². The fourth-order valence-corrected chi connectivity index (χ4v) is 3.69. The molecule has 1 unspecified atom stereocenters. The van der Waals surface area contributed by atoms with Crippen molar-refractivity contribution in [2.45, 2.75) is 38.4 Å². The van der Waals surface area contributed by atoms with Crippen molar-refractivity contribution in [3.05, 3.63) is 65.7 Å². The molecule has 3 rings (SSSR count). The summed E-state index contributed by atoms with van der Waals surface area (Å²) in [6.45, 7) is 5.96. The van der Waals surface area contributed by atoms with E-state index in [9.17, 15) is 9.90 Å². The van der Waals surface area contributed by atoms with Crippen molar-refractivity contribution < 1.29 is 19.4 Å². The van der Waals surface area contributed by atoms with E-state index in [1.807, 2.05) is 19.1 Å². The molecule has 1 saturated heterocycles. The molecule has 2 aromatic carbocycles. The lowest BCUT2D eigenvalue weighted by molar-refractivity contribution is 0.0418. The summed E-state index contributed by atoms with van der Waals surface area (Å²) < 4.78 is 11.3. The van der Waals surface area contributed by atoms with Crippen LogP contribution in [0.1, 0.15) is 35.7 Å². The first kappa shape index (κ1) is 23.3. The molecule has 1 fully saturated rings. The van der Waals surface area contributed by atoms with E-state index in [-0.39, 0.29) is 25.2 Å². The Hall–Kier alpha value is -2.41. The van der Waals surface area contributed by atoms with Crippen molar-refractivity contribution in [2.24, 2.45) is 0 Å². The molecule has 168 valence electrons. The van der Waals surface area contributed by atoms with Gasteiger partial charge in [0.05, 0.1) is 12.7 Å². The smallest absolute Gasteiger partial charge is 0.251 e. The fraction of sp³-hybridized carbons (Fsp3) is 0.480. The van der Waals surface area contributed by atoms with E-state index in [0.717, 1.165) is 44.6 Å². The highest BCUT2D eigenvalue weighted by molar-refractivity contribution is 5.94. The van der Waals surface area contributed by atoms with Gasteiger partial charge < -0.3 is 24.8 Å². The summed E-state index contributed by atoms with van der Waals surface area (Å²) in [7, 11) is 0. The van der Waals surface area contributed by atoms with Crippen LogP contribution < -0.4 is 10.1 Å². The van der Waals surface area contributed by atoms with Gasteiger partial charge in [-0.15, -0.1) is 0 Å². The van der Waals surface area contributed by atoms with Gasteiger partial charge in [-0.3, -0.25) is 4.79 Å². The van der Waals surface area contributed by atoms with Crippen molar-refractivity contribution in [3.63, 3.8) is 0 Å². The van der Waals surface area contributed by atoms with E-state index >= 15 is 0 Å². The summed E-state index contributed by atoms with van der Waals surface area (Å²) in [6.07, 6.45) is 2.61. The van der Waals surface area contributed by atoms with E-state index in [0.29, 0.717) is 12.2 Å². The molecule has 2 aromatic rings. The molecule has 0 aromatic heterocycles. The Morgan fingerprint density at radius 2 is 1.84 bits per heavy atom. The maximum atomic E-state index is 12.2. The summed E-state index contributed by atoms with van der Waals surface area (Å²) in [5.74, 6) is 0.574. The van der Waals surface area contributed by atoms with Gasteiger partial charge in [0.15, 0.2) is 0 Å². The zero-order valence-electron chi connectivity index (χ0n) is 18.3. The second-order valence-electron chi connectivity index (χ2n) is 7.94. The Kier molecular flexibility index (Phi) is 9.34. The number of ether oxygens (including phenoxy) is 2. The first-order valence-corrected chi connectivity index (χ1v) is 11.2. The molecule has 0 radical (unpaired) electrons. The van der Waals surface area contributed by atoms with Crippen molar-refractivity contribution in [1.82, 2.24) is 10.2 Å². The zero-order valence-corrected chi connectivity index (χ0v) is 18.3. The van der Waals surface area contributed by atoms with Crippen molar-refractivity contribution in [2.75, 3.05) is 39.4 Å². The molecular weight excluding hydrogens is 392 g/mol. The molecule has 1 heterocycles. The quantitative estimate of drug-likeness (QED) is 0.578. The molecule has 6 nitrogen and oxygen atoms in total. The molecule has 0 aliphatic carbocycles. The minimum absolute atomic E-state index is 0.167. The van der Waals surface area contributed by atoms with Crippen LogP contribution in [0.3, 0.4) is 0 Å². The molecule has 0 bridgehead atoms. The van der Waals surface area contributed by atoms with Gasteiger partial charge in [0.2, 0.25) is 0 Å². The van der Waals surface area contributed by atoms with Gasteiger partial charge in [0, 0.05) is 38.3 Å². The standard InChI is InChI=1S/C25H34N2O4/c1-2-30-19-22(28)18-26-25(29)21-8-10-23(11-9-21)31-24-13-16-27(17-14-24)15-12-20-6-4-3-5-7-20/h3-11,22,24,28H,2,12-19H2,1H3,(H,26,29). The first-order valence-electron chi connectivity index (χ1n) is 11.2. The second kappa shape index (κ2) is 12.4. The highest BCUT2D eigenvalue weighted by Gasteiger charge is 2.20. The third kappa shape index (κ3) is 7.98. The number of piperidine rings is 1. The monoisotopic (exact) mass is 426 g/mol. The van der Waals surface area contributed by atoms with Gasteiger partial charge in [-0.25, -0.2) is 0 Å². The Balaban J connectivity index is 1.37. The van der Waals surface area contributed by atoms with E-state index in [1.165, 1.54) is 5.56 Å². The summed E-state index contributed by atoms with van der Waals surface area (Å²) in [6, 6.07) is 17.8. The third-order valence-electron chi connectivity index (χ3n) is 5.53. The van der Waals surface area contributed by atoms with Crippen molar-refractivity contribution in [1.29, 1.82) is 0 Å². The third-order valence-corrected chi connectivity index (χ3v) is 5.53. The maximum absolute atomic E-state index is 12.2. The van der Waals surface area contributed by atoms with Crippen LogP contribution in [0.4, 0.5) is 0 Å². The minimum atomic E-state index is -0.704. The number of carbonyl (C=O) groups is 1. The van der Waals surface area contributed by atoms with Gasteiger partial charge in [-0.1, -0.05) is 30.3 Å². The predicted molar refractivity (Wildman–Crippen MR) is 122 cm³/mol. The van der Waals surface area contributed by atoms with Gasteiger partial charge in [0.25, 0.3) is 5.91 Å². The number of nitrogens with one attached hydrogen (secondary N) is 1. The molecule has 1 amide bonds. The molecular formula is C25H34N2O4. The number of likely N-dealkylation sites (tertiary alicyclic amines) is 1. The largest absolute Gasteiger partial charge is 0.490 e. The maximum Gasteiger partial charge on any atom is 0.251 e. The predicted octanol–water partition coefficient (Wildman–Crippen LogP) is 2.90. The number of amides is 1. The lowest BCUT2D eigenvalue weighted by atomic mass is 10.1. The van der Waals surface area contributed by atoms with Crippen molar-refractivity contribution in [3.8, 4) is 5.75 Å². The van der Waals surface area contributed by atoms with Crippen LogP contribution in [0.5, 0.6) is 5.75 Å². The molecule has 1 atom stereocenters. The Labute approximate surface area is 185 Å². The van der Waals surface area contributed by atoms with Gasteiger partial charge in [0.1, 0.15) is 11.9 Å². The van der Waals surface area contributed by atoms with Crippen LogP contribution in [0.25, 0.3) is 0 Å². The van der Waals surface area contributed by atoms with E-state index < -0.39 is 6.10 Å². The number of benzene rings is 2. The van der Waals surface area contributed by atoms with E-state index in [2.05, 4.69) is 40.5 Å². The Morgan fingerprint density at radius 3 is 2.52 bits per heavy atom. The minimum Gasteiger partial charge on any atom is -0.490 e. The number of rotatable bonds is 11. The number of nitrogens with zero attached hydrogens (tertiary/aromatic N) is 1. The molecule has 1 aliphatic heterocycles. The molecule has 1 aliphatic rings. The number of aliphatic hydroxyl groups excluding tert-OH is 1. The molecule has 31 heavy (non-hydrogen) atoms. The molecule has 6 heteroatoms. The van der Waals surface area contributed by atoms with Gasteiger partial charge in [-0.2, -0.15) is 0 Å². The van der Waals surface area contributed by atoms with Crippen LogP contribution in [0.15, 0.2) is 54.6 Å². The summed E-state index contributed by atoms with van der Waals surface area (Å²) >= 11 is 0. The lowest BCUT2D eigenvalue weighted by Crippen LogP contribution is -2.39. The zero-order chi connectivity index (χ0) is 21.9. The Morgan fingerprint density at radius 1 is 1.13 bits per heavy atom. The summed E-state index contributed by atoms with van der Waals surface area (Å²) in [5, 5.41) is 12.5. The lowest BCUT2D eigenvalue weighted by Gasteiger charge is -2.32. The van der Waals surface area contributed by atoms with Crippen molar-refractivity contribution >= 4 is 5.91 Å². The van der Waals surface area contributed by atoms with Gasteiger partial charge >= 0.3 is 0 Å². The number of hydrogen-bond donors (Lipinski definition) is 2. The summed E-state index contributed by atoms with van der Waals surface area (Å²) in [5.41, 5.74) is 1.93. The normalized spacial score (nSPS) is 16.1. The molecule has 0 saturated carbocycles. The number of hydrogen-bond acceptors (Lipinski definition) is 5. The van der Waals surface area contributed by atoms with Gasteiger partial charge in [-0.05, 0) is 56.0 Å². The average Bonchev–Trinajstić information content (AvgIpc) is 2.82. The highest BCUT2D eigenvalue weighted by Crippen LogP contribution is 2.20. The van der Waals surface area contributed by atoms with Crippen LogP contribution in [0.2, 0.25) is 0 Å². The molecule has 2 N–H and O–H groups in total. The average molecular weight is 427 g/mol. The first-order chi connectivity index (χ1) is 15.1. The van der Waals surface area contributed by atoms with Crippen LogP contribution in [0, 0.1) is 0 Å². The summed E-state index contributed by atoms with van der Waals surface area (Å²) in [4.78, 5) is 14.7. The Bertz CT molecular complexity index is 774. The SMILES string of the molecule is CCOCC(O)CNC(=O)c1ccc(OC2CCN(CCc3ccccc3)CC2)cc1. The van der Waals surface area contributed by atoms with E-state index in [1.54, 1.807) is 12.1 Å².